The molecule has 0 aliphatic carbocycles. The van der Waals surface area contributed by atoms with Crippen molar-refractivity contribution in [2.75, 3.05) is 18.5 Å². The number of carboxylic acids is 1. The van der Waals surface area contributed by atoms with E-state index < -0.39 is 16.0 Å². The molecule has 0 aliphatic rings. The molecule has 0 heterocycles. The lowest BCUT2D eigenvalue weighted by Gasteiger charge is -2.17. The van der Waals surface area contributed by atoms with Crippen LogP contribution in [0.5, 0.6) is 0 Å². The van der Waals surface area contributed by atoms with E-state index in [1.54, 1.807) is 6.92 Å². The summed E-state index contributed by atoms with van der Waals surface area (Å²) in [6, 6.07) is 3.84. The number of hydrogen-bond donors (Lipinski definition) is 3. The number of hydrogen-bond acceptors (Lipinski definition) is 5. The molecular formula is C18H30N2O5S. The van der Waals surface area contributed by atoms with Gasteiger partial charge in [-0.05, 0) is 51.8 Å². The largest absolute Gasteiger partial charge is 0.478 e. The average molecular weight is 387 g/mol. The Hall–Kier alpha value is -1.64. The van der Waals surface area contributed by atoms with Gasteiger partial charge in [0.2, 0.25) is 10.0 Å². The Morgan fingerprint density at radius 3 is 2.54 bits per heavy atom. The number of rotatable bonds is 12. The number of benzene rings is 1. The zero-order valence-electron chi connectivity index (χ0n) is 15.9. The van der Waals surface area contributed by atoms with Crippen LogP contribution in [-0.2, 0) is 14.8 Å². The second-order valence-corrected chi connectivity index (χ2v) is 8.21. The highest BCUT2D eigenvalue weighted by Gasteiger charge is 2.22. The molecule has 3 N–H and O–H groups in total. The van der Waals surface area contributed by atoms with Crippen LogP contribution < -0.4 is 10.0 Å². The van der Waals surface area contributed by atoms with E-state index in [4.69, 9.17) is 4.74 Å². The van der Waals surface area contributed by atoms with Gasteiger partial charge in [0.25, 0.3) is 0 Å². The highest BCUT2D eigenvalue weighted by atomic mass is 32.2. The molecule has 0 aliphatic heterocycles. The molecule has 148 valence electrons. The zero-order valence-corrected chi connectivity index (χ0v) is 16.7. The van der Waals surface area contributed by atoms with Crippen molar-refractivity contribution in [1.29, 1.82) is 0 Å². The monoisotopic (exact) mass is 386 g/mol. The van der Waals surface area contributed by atoms with E-state index in [9.17, 15) is 18.3 Å². The third-order valence-corrected chi connectivity index (χ3v) is 5.31. The van der Waals surface area contributed by atoms with E-state index in [1.807, 2.05) is 20.8 Å². The molecule has 0 fully saturated rings. The first kappa shape index (κ1) is 22.4. The van der Waals surface area contributed by atoms with Crippen molar-refractivity contribution in [3.05, 3.63) is 23.8 Å². The fraction of sp³-hybridized carbons (Fsp3) is 0.611. The molecule has 0 saturated carbocycles. The summed E-state index contributed by atoms with van der Waals surface area (Å²) >= 11 is 0. The molecular weight excluding hydrogens is 356 g/mol. The van der Waals surface area contributed by atoms with Gasteiger partial charge < -0.3 is 15.2 Å². The first-order valence-corrected chi connectivity index (χ1v) is 10.4. The van der Waals surface area contributed by atoms with Gasteiger partial charge >= 0.3 is 5.97 Å². The van der Waals surface area contributed by atoms with Crippen molar-refractivity contribution in [1.82, 2.24) is 4.72 Å². The Morgan fingerprint density at radius 2 is 1.96 bits per heavy atom. The molecule has 0 amide bonds. The van der Waals surface area contributed by atoms with Crippen molar-refractivity contribution in [2.45, 2.75) is 64.0 Å². The molecule has 0 bridgehead atoms. The van der Waals surface area contributed by atoms with Gasteiger partial charge in [-0.3, -0.25) is 0 Å². The highest BCUT2D eigenvalue weighted by molar-refractivity contribution is 7.89. The molecule has 0 aromatic heterocycles. The molecule has 1 rings (SSSR count). The predicted molar refractivity (Wildman–Crippen MR) is 102 cm³/mol. The molecule has 7 nitrogen and oxygen atoms in total. The van der Waals surface area contributed by atoms with Crippen molar-refractivity contribution >= 4 is 21.7 Å². The van der Waals surface area contributed by atoms with E-state index in [2.05, 4.69) is 10.0 Å². The van der Waals surface area contributed by atoms with Crippen LogP contribution in [0.25, 0.3) is 0 Å². The molecule has 26 heavy (non-hydrogen) atoms. The maximum Gasteiger partial charge on any atom is 0.335 e. The van der Waals surface area contributed by atoms with Crippen molar-refractivity contribution < 1.29 is 23.1 Å². The third kappa shape index (κ3) is 7.31. The summed E-state index contributed by atoms with van der Waals surface area (Å²) < 4.78 is 33.5. The van der Waals surface area contributed by atoms with Gasteiger partial charge in [0.1, 0.15) is 4.90 Å². The average Bonchev–Trinajstić information content (AvgIpc) is 2.53. The summed E-state index contributed by atoms with van der Waals surface area (Å²) in [5.74, 6) is -1.17. The number of anilines is 1. The molecule has 0 radical (unpaired) electrons. The minimum atomic E-state index is -3.83. The lowest BCUT2D eigenvalue weighted by Crippen LogP contribution is -2.33. The SMILES string of the molecule is CCC[C@@H](C)NS(=O)(=O)c1cc(C(=O)O)ccc1NCCCOC(C)C. The maximum atomic E-state index is 12.7. The highest BCUT2D eigenvalue weighted by Crippen LogP contribution is 2.23. The minimum absolute atomic E-state index is 0.0508. The van der Waals surface area contributed by atoms with E-state index >= 15 is 0 Å². The van der Waals surface area contributed by atoms with Gasteiger partial charge in [-0.25, -0.2) is 17.9 Å². The van der Waals surface area contributed by atoms with Crippen molar-refractivity contribution in [3.63, 3.8) is 0 Å². The lowest BCUT2D eigenvalue weighted by molar-refractivity contribution is 0.0696. The van der Waals surface area contributed by atoms with Gasteiger partial charge in [0, 0.05) is 19.2 Å². The summed E-state index contributed by atoms with van der Waals surface area (Å²) in [4.78, 5) is 11.2. The Bertz CT molecular complexity index is 689. The Morgan fingerprint density at radius 1 is 1.27 bits per heavy atom. The van der Waals surface area contributed by atoms with E-state index in [1.165, 1.54) is 18.2 Å². The Kier molecular flexibility index (Phi) is 9.04. The molecule has 0 unspecified atom stereocenters. The first-order chi connectivity index (χ1) is 12.2. The van der Waals surface area contributed by atoms with E-state index in [0.717, 1.165) is 6.42 Å². The predicted octanol–water partition coefficient (Wildman–Crippen LogP) is 3.08. The van der Waals surface area contributed by atoms with Crippen LogP contribution in [-0.4, -0.2) is 44.8 Å². The molecule has 1 aromatic carbocycles. The quantitative estimate of drug-likeness (QED) is 0.477. The Balaban J connectivity index is 2.98. The van der Waals surface area contributed by atoms with Crippen molar-refractivity contribution in [2.24, 2.45) is 0 Å². The summed E-state index contributed by atoms with van der Waals surface area (Å²) in [5, 5.41) is 12.3. The van der Waals surface area contributed by atoms with Gasteiger partial charge in [-0.1, -0.05) is 13.3 Å². The van der Waals surface area contributed by atoms with Crippen LogP contribution >= 0.6 is 0 Å². The molecule has 1 atom stereocenters. The van der Waals surface area contributed by atoms with Crippen LogP contribution in [0.15, 0.2) is 23.1 Å². The fourth-order valence-electron chi connectivity index (χ4n) is 2.46. The van der Waals surface area contributed by atoms with E-state index in [0.29, 0.717) is 31.7 Å². The smallest absolute Gasteiger partial charge is 0.335 e. The number of sulfonamides is 1. The van der Waals surface area contributed by atoms with Crippen LogP contribution in [0.1, 0.15) is 57.3 Å². The summed E-state index contributed by atoms with van der Waals surface area (Å²) in [6.07, 6.45) is 2.40. The molecule has 8 heteroatoms. The number of carbonyl (C=O) groups is 1. The van der Waals surface area contributed by atoms with Crippen LogP contribution in [0, 0.1) is 0 Å². The van der Waals surface area contributed by atoms with Crippen molar-refractivity contribution in [3.8, 4) is 0 Å². The second-order valence-electron chi connectivity index (χ2n) is 6.53. The second kappa shape index (κ2) is 10.5. The zero-order chi connectivity index (χ0) is 19.7. The third-order valence-electron chi connectivity index (χ3n) is 3.68. The summed E-state index contributed by atoms with van der Waals surface area (Å²) in [7, 11) is -3.83. The topological polar surface area (TPSA) is 105 Å². The van der Waals surface area contributed by atoms with Gasteiger partial charge in [-0.15, -0.1) is 0 Å². The minimum Gasteiger partial charge on any atom is -0.478 e. The number of ether oxygens (including phenoxy) is 1. The Labute approximate surface area is 156 Å². The number of nitrogens with one attached hydrogen (secondary N) is 2. The van der Waals surface area contributed by atoms with Crippen LogP contribution in [0.4, 0.5) is 5.69 Å². The number of carboxylic acid groups (broad SMARTS) is 1. The molecule has 0 spiro atoms. The van der Waals surface area contributed by atoms with Gasteiger partial charge in [0.05, 0.1) is 17.4 Å². The lowest BCUT2D eigenvalue weighted by atomic mass is 10.2. The standard InChI is InChI=1S/C18H30N2O5S/c1-5-7-14(4)20-26(23,24)17-12-15(18(21)22)8-9-16(17)19-10-6-11-25-13(2)3/h8-9,12-14,19-20H,5-7,10-11H2,1-4H3,(H,21,22)/t14-/m1/s1. The van der Waals surface area contributed by atoms with Crippen LogP contribution in [0.3, 0.4) is 0 Å². The van der Waals surface area contributed by atoms with Gasteiger partial charge in [-0.2, -0.15) is 0 Å². The summed E-state index contributed by atoms with van der Waals surface area (Å²) in [5.41, 5.74) is 0.318. The van der Waals surface area contributed by atoms with Crippen LogP contribution in [0.2, 0.25) is 0 Å². The molecule has 0 saturated heterocycles. The fourth-order valence-corrected chi connectivity index (χ4v) is 3.94. The normalized spacial score (nSPS) is 13.0. The first-order valence-electron chi connectivity index (χ1n) is 8.92. The summed E-state index contributed by atoms with van der Waals surface area (Å²) in [6.45, 7) is 8.75. The van der Waals surface area contributed by atoms with E-state index in [-0.39, 0.29) is 22.6 Å². The molecule has 1 aromatic rings. The van der Waals surface area contributed by atoms with Gasteiger partial charge in [0.15, 0.2) is 0 Å². The maximum absolute atomic E-state index is 12.7. The number of aromatic carboxylic acids is 1.